The van der Waals surface area contributed by atoms with Crippen LogP contribution in [0.25, 0.3) is 0 Å². The van der Waals surface area contributed by atoms with E-state index in [2.05, 4.69) is 12.2 Å². The highest BCUT2D eigenvalue weighted by molar-refractivity contribution is 4.88. The van der Waals surface area contributed by atoms with Crippen molar-refractivity contribution in [1.29, 1.82) is 0 Å². The van der Waals surface area contributed by atoms with Crippen LogP contribution in [0.5, 0.6) is 0 Å². The molecule has 0 saturated carbocycles. The highest BCUT2D eigenvalue weighted by Crippen LogP contribution is 2.23. The lowest BCUT2D eigenvalue weighted by molar-refractivity contribution is 0.0249. The second kappa shape index (κ2) is 5.03. The average Bonchev–Trinajstić information content (AvgIpc) is 2.13. The molecule has 0 aliphatic carbocycles. The van der Waals surface area contributed by atoms with Gasteiger partial charge in [-0.05, 0) is 26.3 Å². The molecule has 0 bridgehead atoms. The lowest BCUT2D eigenvalue weighted by Gasteiger charge is -2.42. The summed E-state index contributed by atoms with van der Waals surface area (Å²) in [7, 11) is 1.94. The fourth-order valence-corrected chi connectivity index (χ4v) is 2.28. The number of hydrogen-bond acceptors (Lipinski definition) is 2. The summed E-state index contributed by atoms with van der Waals surface area (Å²) < 4.78 is 24.5. The first-order valence-electron chi connectivity index (χ1n) is 5.25. The number of nitrogens with zero attached hydrogens (tertiary/aromatic N) is 1. The first kappa shape index (κ1) is 11.9. The molecule has 1 aliphatic heterocycles. The quantitative estimate of drug-likeness (QED) is 0.754. The van der Waals surface area contributed by atoms with Crippen LogP contribution in [0.2, 0.25) is 0 Å². The van der Waals surface area contributed by atoms with Crippen molar-refractivity contribution in [3.8, 4) is 0 Å². The molecule has 0 aromatic carbocycles. The van der Waals surface area contributed by atoms with Gasteiger partial charge < -0.3 is 5.32 Å². The van der Waals surface area contributed by atoms with Crippen LogP contribution in [0.15, 0.2) is 0 Å². The van der Waals surface area contributed by atoms with Gasteiger partial charge >= 0.3 is 0 Å². The van der Waals surface area contributed by atoms with E-state index in [1.165, 1.54) is 0 Å². The second-order valence-electron chi connectivity index (χ2n) is 4.17. The summed E-state index contributed by atoms with van der Waals surface area (Å²) in [6.07, 6.45) is -1.25. The molecule has 14 heavy (non-hydrogen) atoms. The average molecular weight is 206 g/mol. The standard InChI is InChI=1S/C10H20F2N2/c1-7-8(2)14(6-10(11)12)5-4-9(7)13-3/h7-10,13H,4-6H2,1-3H3. The molecule has 4 heteroatoms. The second-order valence-corrected chi connectivity index (χ2v) is 4.17. The van der Waals surface area contributed by atoms with Crippen molar-refractivity contribution in [2.75, 3.05) is 20.1 Å². The van der Waals surface area contributed by atoms with Gasteiger partial charge in [-0.2, -0.15) is 0 Å². The summed E-state index contributed by atoms with van der Waals surface area (Å²) in [4.78, 5) is 1.89. The fraction of sp³-hybridized carbons (Fsp3) is 1.00. The fourth-order valence-electron chi connectivity index (χ4n) is 2.28. The Labute approximate surface area is 84.7 Å². The van der Waals surface area contributed by atoms with Crippen LogP contribution in [0.4, 0.5) is 8.78 Å². The predicted octanol–water partition coefficient (Wildman–Crippen LogP) is 1.57. The van der Waals surface area contributed by atoms with Gasteiger partial charge in [-0.1, -0.05) is 6.92 Å². The Morgan fingerprint density at radius 2 is 2.07 bits per heavy atom. The highest BCUT2D eigenvalue weighted by atomic mass is 19.3. The molecule has 2 nitrogen and oxygen atoms in total. The Bertz CT molecular complexity index is 176. The molecular weight excluding hydrogens is 186 g/mol. The van der Waals surface area contributed by atoms with Crippen LogP contribution in [0, 0.1) is 5.92 Å². The molecule has 0 spiro atoms. The minimum absolute atomic E-state index is 0.0814. The van der Waals surface area contributed by atoms with Crippen LogP contribution < -0.4 is 5.32 Å². The van der Waals surface area contributed by atoms with Crippen molar-refractivity contribution in [2.45, 2.75) is 38.8 Å². The number of alkyl halides is 2. The van der Waals surface area contributed by atoms with Gasteiger partial charge in [-0.3, -0.25) is 4.90 Å². The Morgan fingerprint density at radius 3 is 2.57 bits per heavy atom. The first-order chi connectivity index (χ1) is 6.56. The molecular formula is C10H20F2N2. The van der Waals surface area contributed by atoms with Crippen LogP contribution in [0.1, 0.15) is 20.3 Å². The number of hydrogen-bond donors (Lipinski definition) is 1. The molecule has 1 aliphatic rings. The maximum Gasteiger partial charge on any atom is 0.251 e. The topological polar surface area (TPSA) is 15.3 Å². The maximum absolute atomic E-state index is 12.2. The van der Waals surface area contributed by atoms with Gasteiger partial charge in [0.2, 0.25) is 0 Å². The Morgan fingerprint density at radius 1 is 1.43 bits per heavy atom. The van der Waals surface area contributed by atoms with Gasteiger partial charge in [0.25, 0.3) is 6.43 Å². The molecule has 1 heterocycles. The third-order valence-corrected chi connectivity index (χ3v) is 3.44. The number of rotatable bonds is 3. The molecule has 3 atom stereocenters. The van der Waals surface area contributed by atoms with Gasteiger partial charge in [0.1, 0.15) is 0 Å². The van der Waals surface area contributed by atoms with Crippen molar-refractivity contribution in [3.63, 3.8) is 0 Å². The summed E-state index contributed by atoms with van der Waals surface area (Å²) in [6, 6.07) is 0.717. The zero-order valence-corrected chi connectivity index (χ0v) is 9.13. The number of likely N-dealkylation sites (tertiary alicyclic amines) is 1. The summed E-state index contributed by atoms with van der Waals surface area (Å²) in [5.74, 6) is 0.437. The summed E-state index contributed by atoms with van der Waals surface area (Å²) in [6.45, 7) is 4.86. The molecule has 1 saturated heterocycles. The van der Waals surface area contributed by atoms with Crippen molar-refractivity contribution < 1.29 is 8.78 Å². The van der Waals surface area contributed by atoms with Gasteiger partial charge in [-0.25, -0.2) is 8.78 Å². The first-order valence-corrected chi connectivity index (χ1v) is 5.25. The Balaban J connectivity index is 2.50. The van der Waals surface area contributed by atoms with Gasteiger partial charge in [-0.15, -0.1) is 0 Å². The Kier molecular flexibility index (Phi) is 4.26. The van der Waals surface area contributed by atoms with E-state index in [0.29, 0.717) is 12.0 Å². The lowest BCUT2D eigenvalue weighted by Crippen LogP contribution is -2.53. The number of halogens is 2. The van der Waals surface area contributed by atoms with Crippen LogP contribution in [0.3, 0.4) is 0 Å². The van der Waals surface area contributed by atoms with E-state index in [1.807, 2.05) is 18.9 Å². The maximum atomic E-state index is 12.2. The van der Waals surface area contributed by atoms with Crippen molar-refractivity contribution >= 4 is 0 Å². The zero-order valence-electron chi connectivity index (χ0n) is 9.13. The molecule has 84 valence electrons. The zero-order chi connectivity index (χ0) is 10.7. The predicted molar refractivity (Wildman–Crippen MR) is 53.7 cm³/mol. The summed E-state index contributed by atoms with van der Waals surface area (Å²) in [5.41, 5.74) is 0. The molecule has 0 radical (unpaired) electrons. The highest BCUT2D eigenvalue weighted by Gasteiger charge is 2.32. The van der Waals surface area contributed by atoms with E-state index in [-0.39, 0.29) is 12.6 Å². The molecule has 1 N–H and O–H groups in total. The summed E-state index contributed by atoms with van der Waals surface area (Å²) in [5, 5.41) is 3.24. The molecule has 0 aromatic heterocycles. The minimum atomic E-state index is -2.21. The van der Waals surface area contributed by atoms with Crippen molar-refractivity contribution in [1.82, 2.24) is 10.2 Å². The molecule has 1 rings (SSSR count). The van der Waals surface area contributed by atoms with Crippen LogP contribution in [-0.2, 0) is 0 Å². The van der Waals surface area contributed by atoms with E-state index in [1.54, 1.807) is 0 Å². The molecule has 0 amide bonds. The normalized spacial score (nSPS) is 35.1. The lowest BCUT2D eigenvalue weighted by atomic mass is 9.87. The smallest absolute Gasteiger partial charge is 0.251 e. The minimum Gasteiger partial charge on any atom is -0.317 e. The van der Waals surface area contributed by atoms with Crippen LogP contribution in [-0.4, -0.2) is 43.5 Å². The third kappa shape index (κ3) is 2.64. The van der Waals surface area contributed by atoms with Gasteiger partial charge in [0, 0.05) is 18.6 Å². The van der Waals surface area contributed by atoms with E-state index < -0.39 is 6.43 Å². The largest absolute Gasteiger partial charge is 0.317 e. The number of nitrogens with one attached hydrogen (secondary N) is 1. The Hall–Kier alpha value is -0.220. The monoisotopic (exact) mass is 206 g/mol. The third-order valence-electron chi connectivity index (χ3n) is 3.44. The van der Waals surface area contributed by atoms with E-state index in [9.17, 15) is 8.78 Å². The van der Waals surface area contributed by atoms with E-state index in [0.717, 1.165) is 13.0 Å². The van der Waals surface area contributed by atoms with Gasteiger partial charge in [0.15, 0.2) is 0 Å². The van der Waals surface area contributed by atoms with Crippen molar-refractivity contribution in [3.05, 3.63) is 0 Å². The van der Waals surface area contributed by atoms with Crippen molar-refractivity contribution in [2.24, 2.45) is 5.92 Å². The molecule has 1 fully saturated rings. The SMILES string of the molecule is CNC1CCN(CC(F)F)C(C)C1C. The summed E-state index contributed by atoms with van der Waals surface area (Å²) >= 11 is 0. The van der Waals surface area contributed by atoms with Crippen LogP contribution >= 0.6 is 0 Å². The molecule has 3 unspecified atom stereocenters. The van der Waals surface area contributed by atoms with Gasteiger partial charge in [0.05, 0.1) is 6.54 Å². The molecule has 0 aromatic rings. The van der Waals surface area contributed by atoms with E-state index >= 15 is 0 Å². The van der Waals surface area contributed by atoms with E-state index in [4.69, 9.17) is 0 Å². The number of piperidine rings is 1.